The normalized spacial score (nSPS) is 23.5. The summed E-state index contributed by atoms with van der Waals surface area (Å²) in [6, 6.07) is 0. The Morgan fingerprint density at radius 1 is 1.69 bits per heavy atom. The first-order valence-corrected chi connectivity index (χ1v) is 5.49. The van der Waals surface area contributed by atoms with E-state index in [0.717, 1.165) is 36.8 Å². The predicted molar refractivity (Wildman–Crippen MR) is 54.3 cm³/mol. The van der Waals surface area contributed by atoms with Crippen LogP contribution in [0.4, 0.5) is 5.13 Å². The highest BCUT2D eigenvalue weighted by atomic mass is 32.1. The zero-order valence-electron chi connectivity index (χ0n) is 7.73. The lowest BCUT2D eigenvalue weighted by molar-refractivity contribution is 0.154. The summed E-state index contributed by atoms with van der Waals surface area (Å²) in [6.45, 7) is 3.78. The van der Waals surface area contributed by atoms with Gasteiger partial charge in [0.05, 0.1) is 11.8 Å². The highest BCUT2D eigenvalue weighted by Crippen LogP contribution is 2.23. The van der Waals surface area contributed by atoms with Crippen LogP contribution in [0.1, 0.15) is 18.5 Å². The molecule has 0 saturated carbocycles. The van der Waals surface area contributed by atoms with Crippen LogP contribution in [-0.2, 0) is 0 Å². The number of aryl methyl sites for hydroxylation is 1. The maximum absolute atomic E-state index is 9.48. The van der Waals surface area contributed by atoms with Crippen molar-refractivity contribution in [3.63, 3.8) is 0 Å². The number of thiazole rings is 1. The average Bonchev–Trinajstić information content (AvgIpc) is 2.52. The van der Waals surface area contributed by atoms with Gasteiger partial charge < -0.3 is 10.0 Å². The average molecular weight is 198 g/mol. The Hall–Kier alpha value is -0.610. The van der Waals surface area contributed by atoms with E-state index in [1.807, 2.05) is 6.92 Å². The molecule has 1 saturated heterocycles. The van der Waals surface area contributed by atoms with Gasteiger partial charge in [-0.05, 0) is 19.8 Å². The van der Waals surface area contributed by atoms with E-state index in [2.05, 4.69) is 15.3 Å². The summed E-state index contributed by atoms with van der Waals surface area (Å²) >= 11 is 1.66. The Kier molecular flexibility index (Phi) is 2.51. The van der Waals surface area contributed by atoms with Gasteiger partial charge in [-0.3, -0.25) is 0 Å². The molecule has 72 valence electrons. The van der Waals surface area contributed by atoms with Gasteiger partial charge >= 0.3 is 0 Å². The molecule has 13 heavy (non-hydrogen) atoms. The number of β-amino-alcohol motifs (C(OH)–C–C–N with tert-alkyl or cyclic N) is 1. The SMILES string of the molecule is Cc1csc(N2CCCC(O)C2)n1. The lowest BCUT2D eigenvalue weighted by Crippen LogP contribution is -2.38. The highest BCUT2D eigenvalue weighted by Gasteiger charge is 2.19. The first-order chi connectivity index (χ1) is 6.25. The molecule has 0 aliphatic carbocycles. The van der Waals surface area contributed by atoms with Crippen molar-refractivity contribution < 1.29 is 5.11 Å². The smallest absolute Gasteiger partial charge is 0.185 e. The Labute approximate surface area is 82.0 Å². The fourth-order valence-electron chi connectivity index (χ4n) is 1.62. The lowest BCUT2D eigenvalue weighted by Gasteiger charge is -2.29. The zero-order chi connectivity index (χ0) is 9.26. The summed E-state index contributed by atoms with van der Waals surface area (Å²) in [7, 11) is 0. The summed E-state index contributed by atoms with van der Waals surface area (Å²) < 4.78 is 0. The number of nitrogens with zero attached hydrogens (tertiary/aromatic N) is 2. The first kappa shape index (κ1) is 8.97. The Bertz CT molecular complexity index is 287. The molecule has 0 aromatic carbocycles. The lowest BCUT2D eigenvalue weighted by atomic mass is 10.1. The third kappa shape index (κ3) is 2.00. The Morgan fingerprint density at radius 2 is 2.54 bits per heavy atom. The molecule has 1 N–H and O–H groups in total. The fourth-order valence-corrected chi connectivity index (χ4v) is 2.46. The van der Waals surface area contributed by atoms with Gasteiger partial charge in [-0.25, -0.2) is 4.98 Å². The van der Waals surface area contributed by atoms with Gasteiger partial charge in [-0.15, -0.1) is 11.3 Å². The van der Waals surface area contributed by atoms with Crippen molar-refractivity contribution in [3.05, 3.63) is 11.1 Å². The number of rotatable bonds is 1. The van der Waals surface area contributed by atoms with Crippen molar-refractivity contribution in [2.75, 3.05) is 18.0 Å². The molecule has 1 unspecified atom stereocenters. The molecule has 1 atom stereocenters. The minimum absolute atomic E-state index is 0.169. The van der Waals surface area contributed by atoms with E-state index in [1.165, 1.54) is 0 Å². The molecule has 1 aromatic heterocycles. The first-order valence-electron chi connectivity index (χ1n) is 4.61. The molecule has 1 aromatic rings. The van der Waals surface area contributed by atoms with E-state index in [4.69, 9.17) is 0 Å². The van der Waals surface area contributed by atoms with Crippen molar-refractivity contribution in [2.45, 2.75) is 25.9 Å². The third-order valence-electron chi connectivity index (χ3n) is 2.27. The van der Waals surface area contributed by atoms with Gasteiger partial charge in [-0.1, -0.05) is 0 Å². The fraction of sp³-hybridized carbons (Fsp3) is 0.667. The van der Waals surface area contributed by atoms with Crippen LogP contribution in [0.3, 0.4) is 0 Å². The van der Waals surface area contributed by atoms with Gasteiger partial charge in [0.2, 0.25) is 0 Å². The number of hydrogen-bond acceptors (Lipinski definition) is 4. The van der Waals surface area contributed by atoms with E-state index in [0.29, 0.717) is 0 Å². The van der Waals surface area contributed by atoms with Crippen molar-refractivity contribution in [2.24, 2.45) is 0 Å². The summed E-state index contributed by atoms with van der Waals surface area (Å²) in [5.41, 5.74) is 1.07. The highest BCUT2D eigenvalue weighted by molar-refractivity contribution is 7.13. The van der Waals surface area contributed by atoms with Gasteiger partial charge in [0.15, 0.2) is 5.13 Å². The quantitative estimate of drug-likeness (QED) is 0.741. The van der Waals surface area contributed by atoms with Crippen LogP contribution >= 0.6 is 11.3 Å². The molecule has 3 nitrogen and oxygen atoms in total. The molecule has 1 aliphatic rings. The van der Waals surface area contributed by atoms with E-state index >= 15 is 0 Å². The van der Waals surface area contributed by atoms with Gasteiger partial charge in [-0.2, -0.15) is 0 Å². The van der Waals surface area contributed by atoms with E-state index in [9.17, 15) is 5.11 Å². The van der Waals surface area contributed by atoms with Crippen molar-refractivity contribution >= 4 is 16.5 Å². The summed E-state index contributed by atoms with van der Waals surface area (Å²) in [5, 5.41) is 12.6. The van der Waals surface area contributed by atoms with Crippen molar-refractivity contribution in [1.82, 2.24) is 4.98 Å². The summed E-state index contributed by atoms with van der Waals surface area (Å²) in [6.07, 6.45) is 1.83. The second-order valence-electron chi connectivity index (χ2n) is 3.51. The molecule has 0 spiro atoms. The predicted octanol–water partition coefficient (Wildman–Crippen LogP) is 1.41. The molecule has 0 bridgehead atoms. The largest absolute Gasteiger partial charge is 0.391 e. The van der Waals surface area contributed by atoms with E-state index in [-0.39, 0.29) is 6.10 Å². The molecule has 1 fully saturated rings. The second kappa shape index (κ2) is 3.64. The van der Waals surface area contributed by atoms with E-state index < -0.39 is 0 Å². The second-order valence-corrected chi connectivity index (χ2v) is 4.35. The summed E-state index contributed by atoms with van der Waals surface area (Å²) in [4.78, 5) is 6.57. The molecular weight excluding hydrogens is 184 g/mol. The van der Waals surface area contributed by atoms with Crippen LogP contribution in [0.15, 0.2) is 5.38 Å². The van der Waals surface area contributed by atoms with Crippen LogP contribution in [-0.4, -0.2) is 29.3 Å². The van der Waals surface area contributed by atoms with Gasteiger partial charge in [0.25, 0.3) is 0 Å². The van der Waals surface area contributed by atoms with Crippen LogP contribution in [0.5, 0.6) is 0 Å². The molecule has 0 amide bonds. The standard InChI is InChI=1S/C9H14N2OS/c1-7-6-13-9(10-7)11-4-2-3-8(12)5-11/h6,8,12H,2-5H2,1H3. The Balaban J connectivity index is 2.08. The zero-order valence-corrected chi connectivity index (χ0v) is 8.55. The number of hydrogen-bond donors (Lipinski definition) is 1. The van der Waals surface area contributed by atoms with Crippen LogP contribution in [0.2, 0.25) is 0 Å². The number of piperidine rings is 1. The Morgan fingerprint density at radius 3 is 3.15 bits per heavy atom. The maximum atomic E-state index is 9.48. The van der Waals surface area contributed by atoms with E-state index in [1.54, 1.807) is 11.3 Å². The molecular formula is C9H14N2OS. The number of aliphatic hydroxyl groups is 1. The number of anilines is 1. The van der Waals surface area contributed by atoms with Crippen LogP contribution in [0, 0.1) is 6.92 Å². The molecule has 1 aliphatic heterocycles. The summed E-state index contributed by atoms with van der Waals surface area (Å²) in [5.74, 6) is 0. The van der Waals surface area contributed by atoms with Crippen LogP contribution in [0.25, 0.3) is 0 Å². The van der Waals surface area contributed by atoms with Gasteiger partial charge in [0, 0.05) is 18.5 Å². The van der Waals surface area contributed by atoms with Crippen LogP contribution < -0.4 is 4.90 Å². The molecule has 2 rings (SSSR count). The van der Waals surface area contributed by atoms with Crippen molar-refractivity contribution in [1.29, 1.82) is 0 Å². The monoisotopic (exact) mass is 198 g/mol. The minimum atomic E-state index is -0.169. The minimum Gasteiger partial charge on any atom is -0.391 e. The maximum Gasteiger partial charge on any atom is 0.185 e. The molecule has 4 heteroatoms. The third-order valence-corrected chi connectivity index (χ3v) is 3.29. The molecule has 2 heterocycles. The van der Waals surface area contributed by atoms with Crippen molar-refractivity contribution in [3.8, 4) is 0 Å². The van der Waals surface area contributed by atoms with Gasteiger partial charge in [0.1, 0.15) is 0 Å². The number of aromatic nitrogens is 1. The molecule has 0 radical (unpaired) electrons. The number of aliphatic hydroxyl groups excluding tert-OH is 1. The topological polar surface area (TPSA) is 36.4 Å².